The number of hydrogen-bond acceptors (Lipinski definition) is 2. The zero-order chi connectivity index (χ0) is 14.8. The second-order valence-electron chi connectivity index (χ2n) is 5.14. The van der Waals surface area contributed by atoms with Crippen LogP contribution in [0.5, 0.6) is 0 Å². The van der Waals surface area contributed by atoms with Gasteiger partial charge >= 0.3 is 0 Å². The van der Waals surface area contributed by atoms with Crippen molar-refractivity contribution >= 4 is 22.1 Å². The maximum atomic E-state index is 9.26. The van der Waals surface area contributed by atoms with Crippen molar-refractivity contribution in [3.05, 3.63) is 71.8 Å². The second kappa shape index (κ2) is 5.30. The van der Waals surface area contributed by atoms with Crippen LogP contribution in [0.4, 0.5) is 11.4 Å². The fourth-order valence-corrected chi connectivity index (χ4v) is 2.74. The molecule has 21 heavy (non-hydrogen) atoms. The number of hydrogen-bond donors (Lipinski definition) is 0. The highest BCUT2D eigenvalue weighted by Crippen LogP contribution is 2.33. The van der Waals surface area contributed by atoms with E-state index in [4.69, 9.17) is 0 Å². The van der Waals surface area contributed by atoms with Gasteiger partial charge in [0, 0.05) is 29.2 Å². The first-order chi connectivity index (χ1) is 10.2. The highest BCUT2D eigenvalue weighted by molar-refractivity contribution is 5.99. The first-order valence-corrected chi connectivity index (χ1v) is 6.93. The van der Waals surface area contributed by atoms with E-state index >= 15 is 0 Å². The number of nitrogens with zero attached hydrogens (tertiary/aromatic N) is 2. The number of aryl methyl sites for hydroxylation is 1. The molecule has 0 aliphatic heterocycles. The summed E-state index contributed by atoms with van der Waals surface area (Å²) < 4.78 is 0. The molecule has 0 heterocycles. The zero-order valence-electron chi connectivity index (χ0n) is 12.2. The van der Waals surface area contributed by atoms with E-state index in [-0.39, 0.29) is 0 Å². The third kappa shape index (κ3) is 2.23. The summed E-state index contributed by atoms with van der Waals surface area (Å²) in [6.07, 6.45) is 0. The molecule has 0 spiro atoms. The lowest BCUT2D eigenvalue weighted by atomic mass is 10.0. The molecular weight excluding hydrogens is 256 g/mol. The molecule has 0 aromatic heterocycles. The van der Waals surface area contributed by atoms with Crippen LogP contribution in [0.2, 0.25) is 0 Å². The van der Waals surface area contributed by atoms with Crippen LogP contribution in [-0.4, -0.2) is 7.05 Å². The highest BCUT2D eigenvalue weighted by atomic mass is 15.1. The van der Waals surface area contributed by atoms with Crippen LogP contribution in [0.25, 0.3) is 10.8 Å². The van der Waals surface area contributed by atoms with Crippen molar-refractivity contribution in [1.82, 2.24) is 0 Å². The Balaban J connectivity index is 2.22. The fraction of sp³-hybridized carbons (Fsp3) is 0.105. The molecule has 2 heteroatoms. The van der Waals surface area contributed by atoms with Crippen LogP contribution in [0.3, 0.4) is 0 Å². The molecule has 102 valence electrons. The number of anilines is 2. The number of benzene rings is 3. The SMILES string of the molecule is Cc1ccccc1N(C)c1ccc(C#N)c2ccccc12. The molecule has 0 atom stereocenters. The monoisotopic (exact) mass is 272 g/mol. The van der Waals surface area contributed by atoms with Crippen LogP contribution in [0.1, 0.15) is 11.1 Å². The molecule has 0 unspecified atom stereocenters. The molecule has 0 aliphatic carbocycles. The van der Waals surface area contributed by atoms with Crippen molar-refractivity contribution in [2.75, 3.05) is 11.9 Å². The maximum Gasteiger partial charge on any atom is 0.0998 e. The van der Waals surface area contributed by atoms with Gasteiger partial charge in [0.05, 0.1) is 11.6 Å². The predicted octanol–water partition coefficient (Wildman–Crippen LogP) is 4.79. The lowest BCUT2D eigenvalue weighted by Gasteiger charge is -2.23. The molecule has 0 saturated carbocycles. The van der Waals surface area contributed by atoms with Crippen molar-refractivity contribution in [3.8, 4) is 6.07 Å². The van der Waals surface area contributed by atoms with Crippen molar-refractivity contribution in [2.45, 2.75) is 6.92 Å². The fourth-order valence-electron chi connectivity index (χ4n) is 2.74. The first kappa shape index (κ1) is 13.2. The normalized spacial score (nSPS) is 10.3. The van der Waals surface area contributed by atoms with Crippen molar-refractivity contribution < 1.29 is 0 Å². The Kier molecular flexibility index (Phi) is 3.33. The molecule has 2 nitrogen and oxygen atoms in total. The number of nitriles is 1. The number of fused-ring (bicyclic) bond motifs is 1. The molecule has 0 bridgehead atoms. The van der Waals surface area contributed by atoms with E-state index in [2.05, 4.69) is 43.1 Å². The summed E-state index contributed by atoms with van der Waals surface area (Å²) in [5, 5.41) is 11.4. The van der Waals surface area contributed by atoms with Crippen molar-refractivity contribution in [2.24, 2.45) is 0 Å². The van der Waals surface area contributed by atoms with E-state index in [0.29, 0.717) is 5.56 Å². The maximum absolute atomic E-state index is 9.26. The lowest BCUT2D eigenvalue weighted by molar-refractivity contribution is 1.19. The van der Waals surface area contributed by atoms with E-state index in [1.807, 2.05) is 42.5 Å². The minimum absolute atomic E-state index is 0.715. The van der Waals surface area contributed by atoms with E-state index in [1.54, 1.807) is 0 Å². The van der Waals surface area contributed by atoms with Gasteiger partial charge in [0.1, 0.15) is 0 Å². The molecule has 0 amide bonds. The van der Waals surface area contributed by atoms with Gasteiger partial charge in [0.2, 0.25) is 0 Å². The summed E-state index contributed by atoms with van der Waals surface area (Å²) in [6.45, 7) is 2.11. The van der Waals surface area contributed by atoms with Gasteiger partial charge in [-0.3, -0.25) is 0 Å². The van der Waals surface area contributed by atoms with Crippen LogP contribution < -0.4 is 4.90 Å². The minimum atomic E-state index is 0.715. The Hall–Kier alpha value is -2.79. The Morgan fingerprint density at radius 2 is 1.48 bits per heavy atom. The molecule has 0 fully saturated rings. The van der Waals surface area contributed by atoms with Gasteiger partial charge in [-0.25, -0.2) is 0 Å². The molecule has 0 aliphatic rings. The van der Waals surface area contributed by atoms with Gasteiger partial charge in [-0.05, 0) is 30.7 Å². The van der Waals surface area contributed by atoms with Gasteiger partial charge in [0.25, 0.3) is 0 Å². The summed E-state index contributed by atoms with van der Waals surface area (Å²) in [4.78, 5) is 2.18. The van der Waals surface area contributed by atoms with Crippen LogP contribution in [0.15, 0.2) is 60.7 Å². The Labute approximate surface area is 124 Å². The van der Waals surface area contributed by atoms with E-state index in [9.17, 15) is 5.26 Å². The Bertz CT molecular complexity index is 844. The number of rotatable bonds is 2. The standard InChI is InChI=1S/C19H16N2/c1-14-7-3-6-10-18(14)21(2)19-12-11-15(13-20)16-8-4-5-9-17(16)19/h3-12H,1-2H3. The van der Waals surface area contributed by atoms with Crippen LogP contribution in [0, 0.1) is 18.3 Å². The molecule has 3 aromatic carbocycles. The number of para-hydroxylation sites is 1. The van der Waals surface area contributed by atoms with Crippen molar-refractivity contribution in [3.63, 3.8) is 0 Å². The second-order valence-corrected chi connectivity index (χ2v) is 5.14. The quantitative estimate of drug-likeness (QED) is 0.670. The molecule has 0 radical (unpaired) electrons. The van der Waals surface area contributed by atoms with Gasteiger partial charge in [0.15, 0.2) is 0 Å². The third-order valence-electron chi connectivity index (χ3n) is 3.86. The summed E-state index contributed by atoms with van der Waals surface area (Å²) in [5.74, 6) is 0. The summed E-state index contributed by atoms with van der Waals surface area (Å²) in [6, 6.07) is 22.6. The average molecular weight is 272 g/mol. The topological polar surface area (TPSA) is 27.0 Å². The smallest absolute Gasteiger partial charge is 0.0998 e. The van der Waals surface area contributed by atoms with E-state index in [0.717, 1.165) is 16.5 Å². The Morgan fingerprint density at radius 1 is 0.810 bits per heavy atom. The van der Waals surface area contributed by atoms with Gasteiger partial charge < -0.3 is 4.90 Å². The third-order valence-corrected chi connectivity index (χ3v) is 3.86. The summed E-state index contributed by atoms with van der Waals surface area (Å²) in [5.41, 5.74) is 4.23. The van der Waals surface area contributed by atoms with Gasteiger partial charge in [-0.2, -0.15) is 5.26 Å². The zero-order valence-corrected chi connectivity index (χ0v) is 12.2. The molecule has 0 saturated heterocycles. The largest absolute Gasteiger partial charge is 0.344 e. The predicted molar refractivity (Wildman–Crippen MR) is 87.9 cm³/mol. The van der Waals surface area contributed by atoms with Gasteiger partial charge in [-0.15, -0.1) is 0 Å². The average Bonchev–Trinajstić information content (AvgIpc) is 2.53. The van der Waals surface area contributed by atoms with Crippen LogP contribution in [-0.2, 0) is 0 Å². The summed E-state index contributed by atoms with van der Waals surface area (Å²) in [7, 11) is 2.07. The lowest BCUT2D eigenvalue weighted by Crippen LogP contribution is -2.11. The minimum Gasteiger partial charge on any atom is -0.344 e. The molecule has 3 rings (SSSR count). The van der Waals surface area contributed by atoms with Gasteiger partial charge in [-0.1, -0.05) is 42.5 Å². The van der Waals surface area contributed by atoms with E-state index < -0.39 is 0 Å². The molecule has 3 aromatic rings. The van der Waals surface area contributed by atoms with Crippen LogP contribution >= 0.6 is 0 Å². The highest BCUT2D eigenvalue weighted by Gasteiger charge is 2.11. The van der Waals surface area contributed by atoms with Crippen molar-refractivity contribution in [1.29, 1.82) is 5.26 Å². The first-order valence-electron chi connectivity index (χ1n) is 6.93. The molecular formula is C19H16N2. The Morgan fingerprint density at radius 3 is 2.19 bits per heavy atom. The van der Waals surface area contributed by atoms with E-state index in [1.165, 1.54) is 11.3 Å². The summed E-state index contributed by atoms with van der Waals surface area (Å²) >= 11 is 0. The molecule has 0 N–H and O–H groups in total.